The molecule has 108 valence electrons. The third-order valence-corrected chi connectivity index (χ3v) is 3.59. The van der Waals surface area contributed by atoms with E-state index in [0.717, 1.165) is 10.4 Å². The molecule has 0 bridgehead atoms. The van der Waals surface area contributed by atoms with Crippen LogP contribution in [0.15, 0.2) is 47.5 Å². The summed E-state index contributed by atoms with van der Waals surface area (Å²) in [5.74, 6) is 4.24. The molecule has 0 aliphatic rings. The van der Waals surface area contributed by atoms with Crippen molar-refractivity contribution in [2.75, 3.05) is 0 Å². The molecule has 0 atom stereocenters. The molecule has 2 amide bonds. The van der Waals surface area contributed by atoms with Crippen molar-refractivity contribution in [3.63, 3.8) is 0 Å². The second-order valence-electron chi connectivity index (χ2n) is 4.37. The number of benzene rings is 1. The molecular formula is C15H15N3O2S. The molecule has 1 heterocycles. The number of nitrogens with one attached hydrogen (secondary N) is 2. The van der Waals surface area contributed by atoms with Gasteiger partial charge in [-0.3, -0.25) is 15.0 Å². The van der Waals surface area contributed by atoms with Gasteiger partial charge >= 0.3 is 0 Å². The summed E-state index contributed by atoms with van der Waals surface area (Å²) in [4.78, 5) is 24.7. The van der Waals surface area contributed by atoms with E-state index >= 15 is 0 Å². The second kappa shape index (κ2) is 6.83. The number of nitrogens with two attached hydrogens (primary N) is 1. The van der Waals surface area contributed by atoms with Gasteiger partial charge < -0.3 is 5.32 Å². The summed E-state index contributed by atoms with van der Waals surface area (Å²) in [6.07, 6.45) is 1.58. The standard InChI is InChI=1S/C15H15N3O2S/c1-10-4-6-11(7-5-10)14(19)17-13(15(20)18-16)9-12-3-2-8-21-12/h2-9H,16H2,1H3,(H,17,19)(H,18,20). The number of rotatable bonds is 4. The van der Waals surface area contributed by atoms with E-state index in [1.165, 1.54) is 11.3 Å². The first-order valence-corrected chi connectivity index (χ1v) is 7.12. The van der Waals surface area contributed by atoms with E-state index in [4.69, 9.17) is 5.84 Å². The molecule has 0 spiro atoms. The number of aryl methyl sites for hydroxylation is 1. The lowest BCUT2D eigenvalue weighted by Crippen LogP contribution is -2.38. The van der Waals surface area contributed by atoms with Gasteiger partial charge in [0.05, 0.1) is 0 Å². The highest BCUT2D eigenvalue weighted by Crippen LogP contribution is 2.13. The van der Waals surface area contributed by atoms with Gasteiger partial charge in [0.2, 0.25) is 0 Å². The van der Waals surface area contributed by atoms with Crippen molar-refractivity contribution in [2.45, 2.75) is 6.92 Å². The Kier molecular flexibility index (Phi) is 4.86. The highest BCUT2D eigenvalue weighted by Gasteiger charge is 2.13. The first-order chi connectivity index (χ1) is 10.1. The lowest BCUT2D eigenvalue weighted by Gasteiger charge is -2.08. The Hall–Kier alpha value is -2.44. The van der Waals surface area contributed by atoms with Crippen molar-refractivity contribution in [3.8, 4) is 0 Å². The molecule has 2 rings (SSSR count). The van der Waals surface area contributed by atoms with Crippen molar-refractivity contribution in [1.82, 2.24) is 10.7 Å². The van der Waals surface area contributed by atoms with Crippen LogP contribution in [0, 0.1) is 6.92 Å². The fraction of sp³-hybridized carbons (Fsp3) is 0.0667. The summed E-state index contributed by atoms with van der Waals surface area (Å²) in [6, 6.07) is 10.8. The fourth-order valence-corrected chi connectivity index (χ4v) is 2.31. The van der Waals surface area contributed by atoms with Crippen LogP contribution < -0.4 is 16.6 Å². The number of hydrogen-bond acceptors (Lipinski definition) is 4. The van der Waals surface area contributed by atoms with Crippen molar-refractivity contribution in [3.05, 3.63) is 63.5 Å². The lowest BCUT2D eigenvalue weighted by molar-refractivity contribution is -0.117. The smallest absolute Gasteiger partial charge is 0.281 e. The molecule has 5 nitrogen and oxygen atoms in total. The third-order valence-electron chi connectivity index (χ3n) is 2.77. The van der Waals surface area contributed by atoms with Gasteiger partial charge in [0.1, 0.15) is 5.70 Å². The first kappa shape index (κ1) is 15.0. The maximum absolute atomic E-state index is 12.1. The highest BCUT2D eigenvalue weighted by atomic mass is 32.1. The summed E-state index contributed by atoms with van der Waals surface area (Å²) in [5.41, 5.74) is 3.66. The Morgan fingerprint density at radius 1 is 1.19 bits per heavy atom. The summed E-state index contributed by atoms with van der Waals surface area (Å²) < 4.78 is 0. The van der Waals surface area contributed by atoms with Crippen molar-refractivity contribution >= 4 is 29.2 Å². The normalized spacial score (nSPS) is 11.0. The van der Waals surface area contributed by atoms with Crippen LogP contribution in [0.2, 0.25) is 0 Å². The molecule has 6 heteroatoms. The molecule has 0 saturated carbocycles. The van der Waals surface area contributed by atoms with Crippen LogP contribution in [-0.2, 0) is 4.79 Å². The zero-order valence-electron chi connectivity index (χ0n) is 11.4. The quantitative estimate of drug-likeness (QED) is 0.348. The van der Waals surface area contributed by atoms with Crippen LogP contribution in [0.5, 0.6) is 0 Å². The van der Waals surface area contributed by atoms with Crippen molar-refractivity contribution < 1.29 is 9.59 Å². The van der Waals surface area contributed by atoms with Crippen LogP contribution in [0.1, 0.15) is 20.8 Å². The maximum atomic E-state index is 12.1. The average molecular weight is 301 g/mol. The maximum Gasteiger partial charge on any atom is 0.281 e. The minimum Gasteiger partial charge on any atom is -0.317 e. The Morgan fingerprint density at radius 2 is 1.90 bits per heavy atom. The van der Waals surface area contributed by atoms with Crippen LogP contribution in [0.25, 0.3) is 6.08 Å². The SMILES string of the molecule is Cc1ccc(C(=O)NC(=Cc2cccs2)C(=O)NN)cc1. The highest BCUT2D eigenvalue weighted by molar-refractivity contribution is 7.10. The van der Waals surface area contributed by atoms with Gasteiger partial charge in [0, 0.05) is 10.4 Å². The number of thiophene rings is 1. The van der Waals surface area contributed by atoms with E-state index in [1.54, 1.807) is 18.2 Å². The summed E-state index contributed by atoms with van der Waals surface area (Å²) in [7, 11) is 0. The monoisotopic (exact) mass is 301 g/mol. The van der Waals surface area contributed by atoms with Crippen LogP contribution in [0.4, 0.5) is 0 Å². The Balaban J connectivity index is 2.21. The van der Waals surface area contributed by atoms with Gasteiger partial charge in [0.25, 0.3) is 11.8 Å². The molecule has 0 aliphatic carbocycles. The van der Waals surface area contributed by atoms with Gasteiger partial charge in [-0.1, -0.05) is 23.8 Å². The van der Waals surface area contributed by atoms with Crippen LogP contribution in [-0.4, -0.2) is 11.8 Å². The predicted molar refractivity (Wildman–Crippen MR) is 83.3 cm³/mol. The van der Waals surface area contributed by atoms with E-state index in [9.17, 15) is 9.59 Å². The van der Waals surface area contributed by atoms with Gasteiger partial charge in [-0.05, 0) is 36.6 Å². The number of hydrazine groups is 1. The third kappa shape index (κ3) is 4.01. The van der Waals surface area contributed by atoms with E-state index in [1.807, 2.05) is 42.0 Å². The Morgan fingerprint density at radius 3 is 2.48 bits per heavy atom. The van der Waals surface area contributed by atoms with Gasteiger partial charge in [-0.15, -0.1) is 11.3 Å². The molecule has 0 aliphatic heterocycles. The van der Waals surface area contributed by atoms with Crippen LogP contribution >= 0.6 is 11.3 Å². The molecule has 0 radical (unpaired) electrons. The molecule has 0 saturated heterocycles. The zero-order valence-corrected chi connectivity index (χ0v) is 12.2. The van der Waals surface area contributed by atoms with E-state index in [0.29, 0.717) is 5.56 Å². The molecule has 1 aromatic heterocycles. The van der Waals surface area contributed by atoms with E-state index < -0.39 is 5.91 Å². The van der Waals surface area contributed by atoms with Gasteiger partial charge in [-0.2, -0.15) is 0 Å². The Bertz CT molecular complexity index is 661. The number of hydrogen-bond donors (Lipinski definition) is 3. The van der Waals surface area contributed by atoms with E-state index in [-0.39, 0.29) is 11.6 Å². The zero-order chi connectivity index (χ0) is 15.2. The van der Waals surface area contributed by atoms with Gasteiger partial charge in [-0.25, -0.2) is 5.84 Å². The molecule has 21 heavy (non-hydrogen) atoms. The minimum atomic E-state index is -0.552. The number of carbonyl (C=O) groups is 2. The summed E-state index contributed by atoms with van der Waals surface area (Å²) in [5, 5.41) is 4.46. The molecule has 2 aromatic rings. The second-order valence-corrected chi connectivity index (χ2v) is 5.35. The molecule has 4 N–H and O–H groups in total. The largest absolute Gasteiger partial charge is 0.317 e. The van der Waals surface area contributed by atoms with E-state index in [2.05, 4.69) is 5.32 Å². The average Bonchev–Trinajstić information content (AvgIpc) is 2.99. The first-order valence-electron chi connectivity index (χ1n) is 6.24. The lowest BCUT2D eigenvalue weighted by atomic mass is 10.1. The minimum absolute atomic E-state index is 0.102. The topological polar surface area (TPSA) is 84.2 Å². The molecular weight excluding hydrogens is 286 g/mol. The molecule has 0 fully saturated rings. The number of carbonyl (C=O) groups excluding carboxylic acids is 2. The van der Waals surface area contributed by atoms with Crippen molar-refractivity contribution in [2.24, 2.45) is 5.84 Å². The Labute approximate surface area is 126 Å². The number of amides is 2. The van der Waals surface area contributed by atoms with Crippen molar-refractivity contribution in [1.29, 1.82) is 0 Å². The molecule has 0 unspecified atom stereocenters. The summed E-state index contributed by atoms with van der Waals surface area (Å²) in [6.45, 7) is 1.94. The predicted octanol–water partition coefficient (Wildman–Crippen LogP) is 1.82. The fourth-order valence-electron chi connectivity index (χ4n) is 1.65. The van der Waals surface area contributed by atoms with Crippen LogP contribution in [0.3, 0.4) is 0 Å². The summed E-state index contributed by atoms with van der Waals surface area (Å²) >= 11 is 1.46. The molecule has 1 aromatic carbocycles. The van der Waals surface area contributed by atoms with Gasteiger partial charge in [0.15, 0.2) is 0 Å².